The second-order valence-electron chi connectivity index (χ2n) is 10.8. The number of halogens is 1. The van der Waals surface area contributed by atoms with Crippen molar-refractivity contribution in [2.45, 2.75) is 78.6 Å². The van der Waals surface area contributed by atoms with E-state index >= 15 is 0 Å². The molecule has 3 aromatic rings. The van der Waals surface area contributed by atoms with Gasteiger partial charge >= 0.3 is 0 Å². The van der Waals surface area contributed by atoms with E-state index in [1.807, 2.05) is 49.4 Å². The quantitative estimate of drug-likeness (QED) is 0.245. The van der Waals surface area contributed by atoms with E-state index in [1.165, 1.54) is 24.8 Å². The summed E-state index contributed by atoms with van der Waals surface area (Å²) in [6.45, 7) is 10.9. The highest BCUT2D eigenvalue weighted by atomic mass is 35.5. The monoisotopic (exact) mass is 536 g/mol. The van der Waals surface area contributed by atoms with Crippen molar-refractivity contribution in [3.8, 4) is 5.69 Å². The molecule has 204 valence electrons. The van der Waals surface area contributed by atoms with Gasteiger partial charge in [0, 0.05) is 28.6 Å². The fraction of sp³-hybridized carbons (Fsp3) is 0.452. The summed E-state index contributed by atoms with van der Waals surface area (Å²) < 4.78 is 1.71. The minimum Gasteiger partial charge on any atom is -0.329 e. The fourth-order valence-electron chi connectivity index (χ4n) is 4.25. The van der Waals surface area contributed by atoms with Gasteiger partial charge in [0.1, 0.15) is 12.4 Å². The van der Waals surface area contributed by atoms with Crippen molar-refractivity contribution in [2.75, 3.05) is 18.4 Å². The van der Waals surface area contributed by atoms with Crippen molar-refractivity contribution in [3.63, 3.8) is 0 Å². The highest BCUT2D eigenvalue weighted by Gasteiger charge is 2.23. The van der Waals surface area contributed by atoms with Gasteiger partial charge in [-0.1, -0.05) is 77.6 Å². The molecule has 3 rings (SSSR count). The maximum Gasteiger partial charge on any atom is 0.254 e. The molecule has 0 fully saturated rings. The normalized spacial score (nSPS) is 11.4. The third-order valence-corrected chi connectivity index (χ3v) is 6.70. The first-order valence-corrected chi connectivity index (χ1v) is 14.0. The van der Waals surface area contributed by atoms with Crippen LogP contribution in [0.2, 0.25) is 5.02 Å². The van der Waals surface area contributed by atoms with Gasteiger partial charge < -0.3 is 10.2 Å². The highest BCUT2D eigenvalue weighted by molar-refractivity contribution is 6.30. The van der Waals surface area contributed by atoms with Crippen molar-refractivity contribution in [1.29, 1.82) is 0 Å². The molecule has 0 atom stereocenters. The Balaban J connectivity index is 1.73. The van der Waals surface area contributed by atoms with Crippen LogP contribution in [0.4, 0.5) is 5.82 Å². The van der Waals surface area contributed by atoms with Crippen molar-refractivity contribution < 1.29 is 9.59 Å². The lowest BCUT2D eigenvalue weighted by molar-refractivity contribution is -0.116. The molecule has 7 heteroatoms. The minimum absolute atomic E-state index is 0.0396. The number of rotatable bonds is 12. The summed E-state index contributed by atoms with van der Waals surface area (Å²) in [4.78, 5) is 28.1. The van der Waals surface area contributed by atoms with Gasteiger partial charge in [-0.3, -0.25) is 9.59 Å². The molecule has 38 heavy (non-hydrogen) atoms. The predicted octanol–water partition coefficient (Wildman–Crippen LogP) is 7.44. The number of nitrogens with one attached hydrogen (secondary N) is 1. The van der Waals surface area contributed by atoms with Crippen LogP contribution < -0.4 is 5.32 Å². The molecule has 0 spiro atoms. The third kappa shape index (κ3) is 8.19. The minimum atomic E-state index is -0.269. The van der Waals surface area contributed by atoms with Gasteiger partial charge in [-0.15, -0.1) is 0 Å². The number of nitrogens with zero attached hydrogens (tertiary/aromatic N) is 3. The number of anilines is 1. The van der Waals surface area contributed by atoms with Gasteiger partial charge in [-0.2, -0.15) is 5.10 Å². The molecule has 0 bridgehead atoms. The predicted molar refractivity (Wildman–Crippen MR) is 156 cm³/mol. The van der Waals surface area contributed by atoms with Gasteiger partial charge in [0.15, 0.2) is 0 Å². The van der Waals surface area contributed by atoms with Gasteiger partial charge in [0.25, 0.3) is 5.91 Å². The molecule has 6 nitrogen and oxygen atoms in total. The number of hydrogen-bond donors (Lipinski definition) is 1. The Hall–Kier alpha value is -3.12. The maximum absolute atomic E-state index is 13.3. The second-order valence-corrected chi connectivity index (χ2v) is 11.3. The second kappa shape index (κ2) is 13.6. The number of hydrogen-bond acceptors (Lipinski definition) is 3. The largest absolute Gasteiger partial charge is 0.329 e. The van der Waals surface area contributed by atoms with E-state index in [9.17, 15) is 9.59 Å². The molecule has 0 aliphatic rings. The van der Waals surface area contributed by atoms with Crippen LogP contribution in [0.3, 0.4) is 0 Å². The van der Waals surface area contributed by atoms with E-state index in [1.54, 1.807) is 21.7 Å². The van der Waals surface area contributed by atoms with Crippen molar-refractivity contribution in [1.82, 2.24) is 14.7 Å². The SMILES string of the molecule is CCCCCCc1ccc(C(=O)N(CCC)CC(=O)Nc2cc(C(C)(C)C)nn2-c2ccc(Cl)cc2)cc1. The topological polar surface area (TPSA) is 67.2 Å². The summed E-state index contributed by atoms with van der Waals surface area (Å²) in [6, 6.07) is 17.0. The van der Waals surface area contributed by atoms with E-state index in [2.05, 4.69) is 33.0 Å². The lowest BCUT2D eigenvalue weighted by Crippen LogP contribution is -2.38. The summed E-state index contributed by atoms with van der Waals surface area (Å²) in [5.41, 5.74) is 3.27. The van der Waals surface area contributed by atoms with Crippen LogP contribution in [0, 0.1) is 0 Å². The van der Waals surface area contributed by atoms with E-state index in [4.69, 9.17) is 16.7 Å². The van der Waals surface area contributed by atoms with Crippen molar-refractivity contribution in [2.24, 2.45) is 0 Å². The summed E-state index contributed by atoms with van der Waals surface area (Å²) in [7, 11) is 0. The lowest BCUT2D eigenvalue weighted by atomic mass is 9.92. The average molecular weight is 537 g/mol. The van der Waals surface area contributed by atoms with Crippen LogP contribution in [0.5, 0.6) is 0 Å². The van der Waals surface area contributed by atoms with Crippen LogP contribution in [-0.4, -0.2) is 39.6 Å². The number of aryl methyl sites for hydroxylation is 1. The van der Waals surface area contributed by atoms with E-state index in [-0.39, 0.29) is 23.8 Å². The zero-order chi connectivity index (χ0) is 27.7. The van der Waals surface area contributed by atoms with Crippen molar-refractivity contribution >= 4 is 29.2 Å². The maximum atomic E-state index is 13.3. The number of aromatic nitrogens is 2. The van der Waals surface area contributed by atoms with Gasteiger partial charge in [-0.25, -0.2) is 4.68 Å². The van der Waals surface area contributed by atoms with E-state index in [0.717, 1.165) is 30.6 Å². The Morgan fingerprint density at radius 3 is 2.24 bits per heavy atom. The number of carbonyl (C=O) groups excluding carboxylic acids is 2. The summed E-state index contributed by atoms with van der Waals surface area (Å²) in [5.74, 6) is 0.148. The fourth-order valence-corrected chi connectivity index (χ4v) is 4.37. The van der Waals surface area contributed by atoms with Crippen molar-refractivity contribution in [3.05, 3.63) is 76.4 Å². The molecule has 0 saturated carbocycles. The molecule has 0 radical (unpaired) electrons. The highest BCUT2D eigenvalue weighted by Crippen LogP contribution is 2.27. The summed E-state index contributed by atoms with van der Waals surface area (Å²) >= 11 is 6.07. The molecule has 2 amide bonds. The first-order valence-electron chi connectivity index (χ1n) is 13.7. The van der Waals surface area contributed by atoms with Crippen LogP contribution in [-0.2, 0) is 16.6 Å². The Kier molecular flexibility index (Phi) is 10.5. The standard InChI is InChI=1S/C31H41ClN4O2/c1-6-8-9-10-11-23-12-14-24(15-13-23)30(38)35(20-7-2)22-29(37)33-28-21-27(31(3,4)5)34-36(28)26-18-16-25(32)17-19-26/h12-19,21H,6-11,20,22H2,1-5H3,(H,33,37). The van der Waals surface area contributed by atoms with Gasteiger partial charge in [0.2, 0.25) is 5.91 Å². The number of benzene rings is 2. The van der Waals surface area contributed by atoms with E-state index in [0.29, 0.717) is 22.9 Å². The van der Waals surface area contributed by atoms with Gasteiger partial charge in [0.05, 0.1) is 11.4 Å². The van der Waals surface area contributed by atoms with Crippen LogP contribution >= 0.6 is 11.6 Å². The molecule has 1 aromatic heterocycles. The summed E-state index contributed by atoms with van der Waals surface area (Å²) in [6.07, 6.45) is 6.63. The summed E-state index contributed by atoms with van der Waals surface area (Å²) in [5, 5.41) is 8.36. The zero-order valence-corrected chi connectivity index (χ0v) is 24.1. The molecule has 1 N–H and O–H groups in total. The first-order chi connectivity index (χ1) is 18.1. The smallest absolute Gasteiger partial charge is 0.254 e. The van der Waals surface area contributed by atoms with Gasteiger partial charge in [-0.05, 0) is 61.2 Å². The number of unbranched alkanes of at least 4 members (excludes halogenated alkanes) is 3. The molecule has 0 aliphatic heterocycles. The first kappa shape index (κ1) is 29.4. The molecule has 0 aliphatic carbocycles. The molecule has 0 unspecified atom stereocenters. The Morgan fingerprint density at radius 1 is 0.947 bits per heavy atom. The van der Waals surface area contributed by atoms with Crippen LogP contribution in [0.1, 0.15) is 88.3 Å². The Bertz CT molecular complexity index is 1190. The molecule has 0 saturated heterocycles. The van der Waals surface area contributed by atoms with Crippen LogP contribution in [0.25, 0.3) is 5.69 Å². The molecular weight excluding hydrogens is 496 g/mol. The molecule has 1 heterocycles. The lowest BCUT2D eigenvalue weighted by Gasteiger charge is -2.22. The molecule has 2 aromatic carbocycles. The number of carbonyl (C=O) groups is 2. The molecular formula is C31H41ClN4O2. The number of amides is 2. The van der Waals surface area contributed by atoms with Crippen LogP contribution in [0.15, 0.2) is 54.6 Å². The average Bonchev–Trinajstić information content (AvgIpc) is 3.31. The van der Waals surface area contributed by atoms with E-state index < -0.39 is 0 Å². The third-order valence-electron chi connectivity index (χ3n) is 6.45. The Morgan fingerprint density at radius 2 is 1.63 bits per heavy atom. The Labute approximate surface area is 232 Å². The zero-order valence-electron chi connectivity index (χ0n) is 23.4.